The summed E-state index contributed by atoms with van der Waals surface area (Å²) in [7, 11) is 0. The Labute approximate surface area is 290 Å². The van der Waals surface area contributed by atoms with Gasteiger partial charge in [-0.25, -0.2) is 0 Å². The minimum atomic E-state index is 0.122. The van der Waals surface area contributed by atoms with Gasteiger partial charge in [0.1, 0.15) is 0 Å². The fraction of sp³-hybridized carbons (Fsp3) is 0.116. The first-order chi connectivity index (χ1) is 23.8. The molecule has 5 heteroatoms. The number of nitrogens with zero attached hydrogens (tertiary/aromatic N) is 2. The van der Waals surface area contributed by atoms with Crippen LogP contribution < -0.4 is 21.3 Å². The lowest BCUT2D eigenvalue weighted by Crippen LogP contribution is -2.60. The molecule has 6 aromatic carbocycles. The number of fused-ring (bicyclic) bond motifs is 7. The maximum Gasteiger partial charge on any atom is 0.252 e. The van der Waals surface area contributed by atoms with Crippen molar-refractivity contribution in [1.82, 2.24) is 4.57 Å². The highest BCUT2D eigenvalue weighted by molar-refractivity contribution is 8.00. The summed E-state index contributed by atoms with van der Waals surface area (Å²) in [5, 5.41) is 1.42. The molecule has 0 saturated carbocycles. The average Bonchev–Trinajstić information content (AvgIpc) is 3.25. The summed E-state index contributed by atoms with van der Waals surface area (Å²) >= 11 is 3.78. The number of para-hydroxylation sites is 2. The Hall–Kier alpha value is -4.58. The molecule has 230 valence electrons. The van der Waals surface area contributed by atoms with Crippen molar-refractivity contribution in [1.29, 1.82) is 0 Å². The predicted molar refractivity (Wildman–Crippen MR) is 205 cm³/mol. The van der Waals surface area contributed by atoms with Gasteiger partial charge in [-0.3, -0.25) is 0 Å². The monoisotopic (exact) mass is 652 g/mol. The molecule has 1 aromatic heterocycles. The van der Waals surface area contributed by atoms with Gasteiger partial charge in [0.2, 0.25) is 0 Å². The molecule has 0 N–H and O–H groups in total. The first kappa shape index (κ1) is 28.4. The third-order valence-electron chi connectivity index (χ3n) is 10.3. The third-order valence-corrected chi connectivity index (χ3v) is 12.5. The highest BCUT2D eigenvalue weighted by Crippen LogP contribution is 2.44. The summed E-state index contributed by atoms with van der Waals surface area (Å²) < 4.78 is 2.66. The van der Waals surface area contributed by atoms with Crippen molar-refractivity contribution in [2.45, 2.75) is 51.7 Å². The topological polar surface area (TPSA) is 8.17 Å². The summed E-state index contributed by atoms with van der Waals surface area (Å²) in [5.74, 6) is 0. The Balaban J connectivity index is 1.25. The molecule has 0 atom stereocenters. The van der Waals surface area contributed by atoms with E-state index in [1.807, 2.05) is 23.5 Å². The molecule has 3 heterocycles. The fourth-order valence-corrected chi connectivity index (χ4v) is 10.5. The van der Waals surface area contributed by atoms with Gasteiger partial charge in [0, 0.05) is 53.4 Å². The third kappa shape index (κ3) is 4.44. The van der Waals surface area contributed by atoms with E-state index in [1.54, 1.807) is 5.56 Å². The lowest BCUT2D eigenvalue weighted by molar-refractivity contribution is 0.704. The number of benzene rings is 6. The minimum absolute atomic E-state index is 0.122. The minimum Gasteiger partial charge on any atom is -0.314 e. The van der Waals surface area contributed by atoms with E-state index in [-0.39, 0.29) is 6.71 Å². The van der Waals surface area contributed by atoms with E-state index in [0.29, 0.717) is 0 Å². The highest BCUT2D eigenvalue weighted by Gasteiger charge is 2.42. The maximum atomic E-state index is 2.66. The van der Waals surface area contributed by atoms with Crippen LogP contribution in [-0.2, 0) is 12.8 Å². The summed E-state index contributed by atoms with van der Waals surface area (Å²) in [5.41, 5.74) is 13.7. The molecule has 2 aliphatic heterocycles. The number of aryl methyl sites for hydroxylation is 1. The van der Waals surface area contributed by atoms with Gasteiger partial charge in [-0.05, 0) is 109 Å². The summed E-state index contributed by atoms with van der Waals surface area (Å²) in [6, 6.07) is 52.0. The number of anilines is 3. The molecule has 3 aliphatic rings. The van der Waals surface area contributed by atoms with Crippen LogP contribution in [-0.4, -0.2) is 11.3 Å². The average molecular weight is 653 g/mol. The standard InChI is InChI=1S/C43H33BN2S2/c1-4-14-29(15-5-1)45-37-22-12-23-38(46-35-20-9-3-8-18-32(35)33-19-10-11-21-36(33)46)42(37)44-34-27-26-31(47-30-16-6-2-7-17-30)28-41(34)48-40-25-13-24-39(45)43(40)44/h1-2,4-7,10-17,19,21-28H,3,8-9,18,20H2. The molecule has 0 saturated heterocycles. The van der Waals surface area contributed by atoms with Crippen LogP contribution in [0.25, 0.3) is 16.6 Å². The Kier molecular flexibility index (Phi) is 6.84. The van der Waals surface area contributed by atoms with E-state index in [1.165, 1.54) is 94.6 Å². The van der Waals surface area contributed by atoms with Crippen LogP contribution in [0.4, 0.5) is 17.1 Å². The van der Waals surface area contributed by atoms with Crippen molar-refractivity contribution in [2.24, 2.45) is 0 Å². The van der Waals surface area contributed by atoms with Crippen LogP contribution in [0.5, 0.6) is 0 Å². The van der Waals surface area contributed by atoms with Crippen LogP contribution in [0, 0.1) is 0 Å². The maximum absolute atomic E-state index is 2.66. The SMILES string of the molecule is c1ccc(Sc2ccc3c(c2)Sc2cccc4c2B3c2c(cccc2-n2c3c(c5ccccc52)CCCCC3)N4c2ccccc2)cc1. The number of aromatic nitrogens is 1. The van der Waals surface area contributed by atoms with E-state index in [9.17, 15) is 0 Å². The number of rotatable bonds is 4. The molecule has 0 radical (unpaired) electrons. The molecule has 0 bridgehead atoms. The molecule has 7 aromatic rings. The second-order valence-electron chi connectivity index (χ2n) is 13.1. The molecule has 0 fully saturated rings. The molecular weight excluding hydrogens is 619 g/mol. The van der Waals surface area contributed by atoms with Gasteiger partial charge in [0.25, 0.3) is 6.71 Å². The number of hydrogen-bond donors (Lipinski definition) is 0. The van der Waals surface area contributed by atoms with Gasteiger partial charge in [0.15, 0.2) is 0 Å². The largest absolute Gasteiger partial charge is 0.314 e. The van der Waals surface area contributed by atoms with Gasteiger partial charge in [-0.2, -0.15) is 0 Å². The molecular formula is C43H33BN2S2. The van der Waals surface area contributed by atoms with Crippen molar-refractivity contribution < 1.29 is 0 Å². The van der Waals surface area contributed by atoms with Gasteiger partial charge in [-0.1, -0.05) is 108 Å². The molecule has 0 unspecified atom stereocenters. The highest BCUT2D eigenvalue weighted by atomic mass is 32.2. The zero-order valence-electron chi connectivity index (χ0n) is 26.6. The van der Waals surface area contributed by atoms with E-state index in [2.05, 4.69) is 149 Å². The van der Waals surface area contributed by atoms with Crippen LogP contribution in [0.1, 0.15) is 30.5 Å². The van der Waals surface area contributed by atoms with E-state index >= 15 is 0 Å². The van der Waals surface area contributed by atoms with Gasteiger partial charge in [0.05, 0.1) is 5.52 Å². The van der Waals surface area contributed by atoms with E-state index < -0.39 is 0 Å². The summed E-state index contributed by atoms with van der Waals surface area (Å²) in [6.45, 7) is 0.122. The first-order valence-corrected chi connectivity index (χ1v) is 18.7. The molecule has 0 amide bonds. The quantitative estimate of drug-likeness (QED) is 0.138. The fourth-order valence-electron chi connectivity index (χ4n) is 8.37. The Morgan fingerprint density at radius 1 is 0.562 bits per heavy atom. The van der Waals surface area contributed by atoms with Crippen molar-refractivity contribution in [2.75, 3.05) is 4.90 Å². The summed E-state index contributed by atoms with van der Waals surface area (Å²) in [4.78, 5) is 7.78. The van der Waals surface area contributed by atoms with E-state index in [0.717, 1.165) is 12.8 Å². The molecule has 1 aliphatic carbocycles. The van der Waals surface area contributed by atoms with Gasteiger partial charge >= 0.3 is 0 Å². The second kappa shape index (κ2) is 11.5. The normalized spacial score (nSPS) is 14.6. The van der Waals surface area contributed by atoms with Crippen LogP contribution in [0.3, 0.4) is 0 Å². The molecule has 10 rings (SSSR count). The van der Waals surface area contributed by atoms with Crippen LogP contribution >= 0.6 is 23.5 Å². The van der Waals surface area contributed by atoms with Crippen molar-refractivity contribution in [3.63, 3.8) is 0 Å². The smallest absolute Gasteiger partial charge is 0.252 e. The van der Waals surface area contributed by atoms with Crippen molar-refractivity contribution in [3.05, 3.63) is 151 Å². The molecule has 2 nitrogen and oxygen atoms in total. The predicted octanol–water partition coefficient (Wildman–Crippen LogP) is 9.81. The van der Waals surface area contributed by atoms with E-state index in [4.69, 9.17) is 0 Å². The Bertz CT molecular complexity index is 2350. The van der Waals surface area contributed by atoms with Crippen molar-refractivity contribution in [3.8, 4) is 5.69 Å². The lowest BCUT2D eigenvalue weighted by atomic mass is 9.34. The van der Waals surface area contributed by atoms with Crippen LogP contribution in [0.15, 0.2) is 159 Å². The Morgan fingerprint density at radius 2 is 1.29 bits per heavy atom. The van der Waals surface area contributed by atoms with Gasteiger partial charge < -0.3 is 9.47 Å². The second-order valence-corrected chi connectivity index (χ2v) is 15.3. The number of hydrogen-bond acceptors (Lipinski definition) is 3. The first-order valence-electron chi connectivity index (χ1n) is 17.1. The Morgan fingerprint density at radius 3 is 2.17 bits per heavy atom. The summed E-state index contributed by atoms with van der Waals surface area (Å²) in [6.07, 6.45) is 6.08. The zero-order valence-corrected chi connectivity index (χ0v) is 28.2. The van der Waals surface area contributed by atoms with Crippen LogP contribution in [0.2, 0.25) is 0 Å². The zero-order chi connectivity index (χ0) is 31.6. The lowest BCUT2D eigenvalue weighted by Gasteiger charge is -2.41. The van der Waals surface area contributed by atoms with Gasteiger partial charge in [-0.15, -0.1) is 0 Å². The molecule has 48 heavy (non-hydrogen) atoms. The molecule has 0 spiro atoms. The van der Waals surface area contributed by atoms with Crippen molar-refractivity contribution >= 4 is 74.6 Å².